The summed E-state index contributed by atoms with van der Waals surface area (Å²) in [5.74, 6) is -1.42. The molecule has 0 unspecified atom stereocenters. The average molecular weight is 344 g/mol. The van der Waals surface area contributed by atoms with Gasteiger partial charge in [-0.1, -0.05) is 17.7 Å². The zero-order valence-corrected chi connectivity index (χ0v) is 13.8. The molecule has 3 rings (SSSR count). The van der Waals surface area contributed by atoms with Gasteiger partial charge < -0.3 is 10.4 Å². The van der Waals surface area contributed by atoms with Crippen LogP contribution >= 0.6 is 11.6 Å². The van der Waals surface area contributed by atoms with Crippen LogP contribution in [0.1, 0.15) is 32.1 Å². The number of imidazole rings is 1. The van der Waals surface area contributed by atoms with Crippen molar-refractivity contribution >= 4 is 34.8 Å². The monoisotopic (exact) mass is 343 g/mol. The number of nitrogens with zero attached hydrogens (tertiary/aromatic N) is 2. The smallest absolute Gasteiger partial charge is 0.335 e. The number of carbonyl (C=O) groups excluding carboxylic acids is 1. The van der Waals surface area contributed by atoms with Gasteiger partial charge in [-0.15, -0.1) is 0 Å². The Morgan fingerprint density at radius 2 is 1.96 bits per heavy atom. The summed E-state index contributed by atoms with van der Waals surface area (Å²) in [5, 5.41) is 12.4. The second-order valence-electron chi connectivity index (χ2n) is 5.41. The normalized spacial score (nSPS) is 10.8. The highest BCUT2D eigenvalue weighted by Gasteiger charge is 2.18. The lowest BCUT2D eigenvalue weighted by molar-refractivity contribution is 0.0696. The van der Waals surface area contributed by atoms with Crippen molar-refractivity contribution < 1.29 is 14.7 Å². The first-order valence-corrected chi connectivity index (χ1v) is 7.54. The molecule has 0 saturated heterocycles. The Morgan fingerprint density at radius 1 is 1.21 bits per heavy atom. The zero-order valence-electron chi connectivity index (χ0n) is 13.0. The standard InChI is InChI=1S/C17H14ClN3O3/c1-9-3-4-11(17(23)24)7-13(9)20-16(22)15-10(2)19-14-8-12(18)5-6-21(14)15/h3-8H,1-2H3,(H,20,22)(H,23,24). The molecule has 1 aromatic carbocycles. The topological polar surface area (TPSA) is 83.7 Å². The van der Waals surface area contributed by atoms with E-state index in [1.165, 1.54) is 12.1 Å². The molecule has 2 N–H and O–H groups in total. The number of aryl methyl sites for hydroxylation is 2. The number of aromatic nitrogens is 2. The van der Waals surface area contributed by atoms with E-state index in [-0.39, 0.29) is 11.5 Å². The van der Waals surface area contributed by atoms with Gasteiger partial charge in [0.15, 0.2) is 0 Å². The fraction of sp³-hybridized carbons (Fsp3) is 0.118. The number of rotatable bonds is 3. The van der Waals surface area contributed by atoms with Crippen LogP contribution in [-0.2, 0) is 0 Å². The van der Waals surface area contributed by atoms with Gasteiger partial charge in [0, 0.05) is 23.0 Å². The van der Waals surface area contributed by atoms with E-state index in [2.05, 4.69) is 10.3 Å². The Labute approximate surface area is 142 Å². The molecule has 24 heavy (non-hydrogen) atoms. The molecule has 0 spiro atoms. The van der Waals surface area contributed by atoms with Gasteiger partial charge in [-0.05, 0) is 37.6 Å². The largest absolute Gasteiger partial charge is 0.478 e. The third-order valence-corrected chi connectivity index (χ3v) is 3.95. The first-order valence-electron chi connectivity index (χ1n) is 7.16. The first-order chi connectivity index (χ1) is 11.4. The van der Waals surface area contributed by atoms with E-state index in [0.717, 1.165) is 5.56 Å². The minimum Gasteiger partial charge on any atom is -0.478 e. The van der Waals surface area contributed by atoms with Crippen LogP contribution in [0.25, 0.3) is 5.65 Å². The zero-order chi connectivity index (χ0) is 17.4. The van der Waals surface area contributed by atoms with Crippen molar-refractivity contribution in [3.8, 4) is 0 Å². The SMILES string of the molecule is Cc1ccc(C(=O)O)cc1NC(=O)c1c(C)nc2cc(Cl)ccn12. The third-order valence-electron chi connectivity index (χ3n) is 3.71. The van der Waals surface area contributed by atoms with Crippen molar-refractivity contribution in [2.45, 2.75) is 13.8 Å². The summed E-state index contributed by atoms with van der Waals surface area (Å²) in [6.07, 6.45) is 1.67. The molecule has 0 fully saturated rings. The molecule has 0 atom stereocenters. The fourth-order valence-corrected chi connectivity index (χ4v) is 2.64. The highest BCUT2D eigenvalue weighted by Crippen LogP contribution is 2.21. The molecule has 7 heteroatoms. The lowest BCUT2D eigenvalue weighted by atomic mass is 10.1. The Kier molecular flexibility index (Phi) is 3.99. The molecule has 0 aliphatic heterocycles. The number of nitrogens with one attached hydrogen (secondary N) is 1. The molecule has 1 amide bonds. The molecule has 3 aromatic rings. The van der Waals surface area contributed by atoms with Crippen molar-refractivity contribution in [2.75, 3.05) is 5.32 Å². The maximum atomic E-state index is 12.7. The van der Waals surface area contributed by atoms with Gasteiger partial charge in [-0.25, -0.2) is 9.78 Å². The highest BCUT2D eigenvalue weighted by atomic mass is 35.5. The third kappa shape index (κ3) is 2.83. The number of pyridine rings is 1. The van der Waals surface area contributed by atoms with E-state index in [9.17, 15) is 9.59 Å². The summed E-state index contributed by atoms with van der Waals surface area (Å²) in [5.41, 5.74) is 2.83. The van der Waals surface area contributed by atoms with Crippen molar-refractivity contribution in [1.29, 1.82) is 0 Å². The maximum Gasteiger partial charge on any atom is 0.335 e. The van der Waals surface area contributed by atoms with Crippen LogP contribution in [0.4, 0.5) is 5.69 Å². The molecule has 6 nitrogen and oxygen atoms in total. The predicted octanol–water partition coefficient (Wildman–Crippen LogP) is 3.56. The number of benzene rings is 1. The molecule has 0 bridgehead atoms. The summed E-state index contributed by atoms with van der Waals surface area (Å²) in [6.45, 7) is 3.53. The van der Waals surface area contributed by atoms with Gasteiger partial charge >= 0.3 is 5.97 Å². The van der Waals surface area contributed by atoms with Crippen LogP contribution in [0, 0.1) is 13.8 Å². The number of carboxylic acids is 1. The number of carboxylic acid groups (broad SMARTS) is 1. The van der Waals surface area contributed by atoms with Gasteiger partial charge in [0.2, 0.25) is 0 Å². The molecule has 0 saturated carbocycles. The van der Waals surface area contributed by atoms with Crippen LogP contribution < -0.4 is 5.32 Å². The summed E-state index contributed by atoms with van der Waals surface area (Å²) < 4.78 is 1.65. The number of aromatic carboxylic acids is 1. The number of anilines is 1. The molecular weight excluding hydrogens is 330 g/mol. The number of fused-ring (bicyclic) bond motifs is 1. The molecule has 0 aliphatic carbocycles. The van der Waals surface area contributed by atoms with Crippen LogP contribution in [0.5, 0.6) is 0 Å². The highest BCUT2D eigenvalue weighted by molar-refractivity contribution is 6.30. The first kappa shape index (κ1) is 16.0. The van der Waals surface area contributed by atoms with Crippen molar-refractivity contribution in [3.05, 3.63) is 64.1 Å². The summed E-state index contributed by atoms with van der Waals surface area (Å²) >= 11 is 5.95. The van der Waals surface area contributed by atoms with Crippen LogP contribution in [0.15, 0.2) is 36.5 Å². The minimum atomic E-state index is -1.05. The molecule has 2 aromatic heterocycles. The second kappa shape index (κ2) is 5.98. The van der Waals surface area contributed by atoms with Crippen LogP contribution in [0.2, 0.25) is 5.02 Å². The predicted molar refractivity (Wildman–Crippen MR) is 91.0 cm³/mol. The Bertz CT molecular complexity index is 979. The van der Waals surface area contributed by atoms with Gasteiger partial charge in [0.05, 0.1) is 11.3 Å². The number of halogens is 1. The number of hydrogen-bond donors (Lipinski definition) is 2. The lowest BCUT2D eigenvalue weighted by Gasteiger charge is -2.10. The van der Waals surface area contributed by atoms with Gasteiger partial charge in [-0.3, -0.25) is 9.20 Å². The molecule has 0 radical (unpaired) electrons. The van der Waals surface area contributed by atoms with E-state index in [1.54, 1.807) is 42.6 Å². The summed E-state index contributed by atoms with van der Waals surface area (Å²) in [7, 11) is 0. The minimum absolute atomic E-state index is 0.109. The van der Waals surface area contributed by atoms with Crippen molar-refractivity contribution in [2.24, 2.45) is 0 Å². The van der Waals surface area contributed by atoms with E-state index in [1.807, 2.05) is 0 Å². The van der Waals surface area contributed by atoms with E-state index >= 15 is 0 Å². The lowest BCUT2D eigenvalue weighted by Crippen LogP contribution is -2.16. The molecule has 122 valence electrons. The summed E-state index contributed by atoms with van der Waals surface area (Å²) in [6, 6.07) is 7.92. The van der Waals surface area contributed by atoms with Crippen LogP contribution in [0.3, 0.4) is 0 Å². The quantitative estimate of drug-likeness (QED) is 0.761. The Hall–Kier alpha value is -2.86. The number of amides is 1. The Morgan fingerprint density at radius 3 is 2.67 bits per heavy atom. The average Bonchev–Trinajstić information content (AvgIpc) is 2.84. The van der Waals surface area contributed by atoms with Crippen LogP contribution in [-0.4, -0.2) is 26.4 Å². The molecule has 0 aliphatic rings. The van der Waals surface area contributed by atoms with Gasteiger partial charge in [0.1, 0.15) is 11.3 Å². The van der Waals surface area contributed by atoms with E-state index in [0.29, 0.717) is 27.7 Å². The number of hydrogen-bond acceptors (Lipinski definition) is 3. The van der Waals surface area contributed by atoms with Crippen molar-refractivity contribution in [3.63, 3.8) is 0 Å². The van der Waals surface area contributed by atoms with E-state index < -0.39 is 5.97 Å². The van der Waals surface area contributed by atoms with Gasteiger partial charge in [-0.2, -0.15) is 0 Å². The summed E-state index contributed by atoms with van der Waals surface area (Å²) in [4.78, 5) is 28.1. The molecular formula is C17H14ClN3O3. The second-order valence-corrected chi connectivity index (χ2v) is 5.84. The molecule has 2 heterocycles. The number of carbonyl (C=O) groups is 2. The van der Waals surface area contributed by atoms with Gasteiger partial charge in [0.25, 0.3) is 5.91 Å². The van der Waals surface area contributed by atoms with E-state index in [4.69, 9.17) is 16.7 Å². The Balaban J connectivity index is 2.01. The van der Waals surface area contributed by atoms with Crippen molar-refractivity contribution in [1.82, 2.24) is 9.38 Å². The maximum absolute atomic E-state index is 12.7. The fourth-order valence-electron chi connectivity index (χ4n) is 2.48.